The summed E-state index contributed by atoms with van der Waals surface area (Å²) in [5, 5.41) is 6.73. The van der Waals surface area contributed by atoms with Crippen LogP contribution in [-0.2, 0) is 4.79 Å². The molecule has 1 aliphatic heterocycles. The highest BCUT2D eigenvalue weighted by molar-refractivity contribution is 5.76. The third-order valence-electron chi connectivity index (χ3n) is 5.61. The van der Waals surface area contributed by atoms with Gasteiger partial charge in [-0.2, -0.15) is 0 Å². The zero-order valence-corrected chi connectivity index (χ0v) is 13.5. The molecule has 1 amide bonds. The van der Waals surface area contributed by atoms with E-state index in [1.54, 1.807) is 0 Å². The average Bonchev–Trinajstić information content (AvgIpc) is 2.44. The van der Waals surface area contributed by atoms with Gasteiger partial charge >= 0.3 is 0 Å². The molecule has 2 fully saturated rings. The van der Waals surface area contributed by atoms with E-state index in [-0.39, 0.29) is 5.91 Å². The zero-order chi connectivity index (χ0) is 14.5. The van der Waals surface area contributed by atoms with Gasteiger partial charge in [0, 0.05) is 12.5 Å². The summed E-state index contributed by atoms with van der Waals surface area (Å²) < 4.78 is 0. The van der Waals surface area contributed by atoms with Gasteiger partial charge in [0.2, 0.25) is 5.91 Å². The Balaban J connectivity index is 1.71. The maximum Gasteiger partial charge on any atom is 0.220 e. The summed E-state index contributed by atoms with van der Waals surface area (Å²) in [6.45, 7) is 9.13. The molecule has 2 aliphatic rings. The van der Waals surface area contributed by atoms with Crippen molar-refractivity contribution in [3.05, 3.63) is 0 Å². The molecule has 0 aromatic heterocycles. The molecule has 1 heterocycles. The lowest BCUT2D eigenvalue weighted by Crippen LogP contribution is -2.41. The Morgan fingerprint density at radius 2 is 2.05 bits per heavy atom. The van der Waals surface area contributed by atoms with Crippen LogP contribution in [0.5, 0.6) is 0 Å². The van der Waals surface area contributed by atoms with Crippen molar-refractivity contribution in [3.8, 4) is 0 Å². The average molecular weight is 280 g/mol. The highest BCUT2D eigenvalue weighted by atomic mass is 16.1. The monoisotopic (exact) mass is 280 g/mol. The molecule has 0 aromatic carbocycles. The highest BCUT2D eigenvalue weighted by Gasteiger charge is 2.27. The van der Waals surface area contributed by atoms with Crippen LogP contribution in [0, 0.1) is 23.7 Å². The highest BCUT2D eigenvalue weighted by Crippen LogP contribution is 2.29. The van der Waals surface area contributed by atoms with Crippen molar-refractivity contribution in [2.75, 3.05) is 13.1 Å². The topological polar surface area (TPSA) is 41.1 Å². The third kappa shape index (κ3) is 4.47. The SMILES string of the molecule is CC1CCC(NC(=O)CC(C)C2CCCNC2)CC1C. The predicted octanol–water partition coefficient (Wildman–Crippen LogP) is 2.95. The van der Waals surface area contributed by atoms with Crippen LogP contribution in [0.1, 0.15) is 59.3 Å². The molecule has 1 aliphatic carbocycles. The number of rotatable bonds is 4. The van der Waals surface area contributed by atoms with Gasteiger partial charge in [0.05, 0.1) is 0 Å². The van der Waals surface area contributed by atoms with Gasteiger partial charge in [-0.15, -0.1) is 0 Å². The summed E-state index contributed by atoms with van der Waals surface area (Å²) in [4.78, 5) is 12.2. The van der Waals surface area contributed by atoms with Crippen LogP contribution in [-0.4, -0.2) is 25.0 Å². The molecule has 5 atom stereocenters. The van der Waals surface area contributed by atoms with Crippen molar-refractivity contribution in [2.24, 2.45) is 23.7 Å². The van der Waals surface area contributed by atoms with Crippen LogP contribution in [0.4, 0.5) is 0 Å². The minimum Gasteiger partial charge on any atom is -0.353 e. The van der Waals surface area contributed by atoms with Crippen LogP contribution in [0.25, 0.3) is 0 Å². The molecule has 3 nitrogen and oxygen atoms in total. The van der Waals surface area contributed by atoms with Gasteiger partial charge in [0.1, 0.15) is 0 Å². The molecular weight excluding hydrogens is 248 g/mol. The van der Waals surface area contributed by atoms with E-state index in [2.05, 4.69) is 31.4 Å². The zero-order valence-electron chi connectivity index (χ0n) is 13.5. The summed E-state index contributed by atoms with van der Waals surface area (Å²) in [5.74, 6) is 3.02. The van der Waals surface area contributed by atoms with Gasteiger partial charge in [-0.1, -0.05) is 20.8 Å². The Morgan fingerprint density at radius 3 is 2.70 bits per heavy atom. The number of carbonyl (C=O) groups is 1. The van der Waals surface area contributed by atoms with Crippen molar-refractivity contribution in [1.82, 2.24) is 10.6 Å². The van der Waals surface area contributed by atoms with Gasteiger partial charge < -0.3 is 10.6 Å². The van der Waals surface area contributed by atoms with Gasteiger partial charge in [-0.05, 0) is 68.9 Å². The van der Waals surface area contributed by atoms with Crippen LogP contribution >= 0.6 is 0 Å². The first-order chi connectivity index (χ1) is 9.56. The number of amides is 1. The number of hydrogen-bond donors (Lipinski definition) is 2. The molecule has 1 saturated carbocycles. The van der Waals surface area contributed by atoms with Crippen LogP contribution in [0.2, 0.25) is 0 Å². The number of nitrogens with one attached hydrogen (secondary N) is 2. The van der Waals surface area contributed by atoms with Gasteiger partial charge in [-0.25, -0.2) is 0 Å². The van der Waals surface area contributed by atoms with E-state index in [1.807, 2.05) is 0 Å². The van der Waals surface area contributed by atoms with Crippen LogP contribution in [0.15, 0.2) is 0 Å². The summed E-state index contributed by atoms with van der Waals surface area (Å²) >= 11 is 0. The van der Waals surface area contributed by atoms with E-state index in [4.69, 9.17) is 0 Å². The molecule has 0 bridgehead atoms. The second-order valence-corrected chi connectivity index (χ2v) is 7.32. The molecule has 5 unspecified atom stereocenters. The second-order valence-electron chi connectivity index (χ2n) is 7.32. The number of piperidine rings is 1. The lowest BCUT2D eigenvalue weighted by Gasteiger charge is -2.33. The fourth-order valence-corrected chi connectivity index (χ4v) is 3.79. The van der Waals surface area contributed by atoms with Gasteiger partial charge in [0.25, 0.3) is 0 Å². The fraction of sp³-hybridized carbons (Fsp3) is 0.941. The normalized spacial score (nSPS) is 36.4. The quantitative estimate of drug-likeness (QED) is 0.831. The third-order valence-corrected chi connectivity index (χ3v) is 5.61. The van der Waals surface area contributed by atoms with Crippen molar-refractivity contribution in [1.29, 1.82) is 0 Å². The lowest BCUT2D eigenvalue weighted by molar-refractivity contribution is -0.123. The Kier molecular flexibility index (Phi) is 5.88. The Hall–Kier alpha value is -0.570. The van der Waals surface area contributed by atoms with Crippen LogP contribution in [0.3, 0.4) is 0 Å². The van der Waals surface area contributed by atoms with Crippen molar-refractivity contribution in [2.45, 2.75) is 65.3 Å². The number of carbonyl (C=O) groups excluding carboxylic acids is 1. The number of hydrogen-bond acceptors (Lipinski definition) is 2. The largest absolute Gasteiger partial charge is 0.353 e. The molecule has 116 valence electrons. The first-order valence-electron chi connectivity index (χ1n) is 8.56. The molecule has 3 heteroatoms. The first kappa shape index (κ1) is 15.8. The minimum atomic E-state index is 0.273. The molecule has 0 aromatic rings. The predicted molar refractivity (Wildman–Crippen MR) is 83.5 cm³/mol. The van der Waals surface area contributed by atoms with E-state index < -0.39 is 0 Å². The Morgan fingerprint density at radius 1 is 1.25 bits per heavy atom. The Bertz CT molecular complexity index is 306. The fourth-order valence-electron chi connectivity index (χ4n) is 3.79. The van der Waals surface area contributed by atoms with Crippen molar-refractivity contribution < 1.29 is 4.79 Å². The molecule has 2 rings (SSSR count). The van der Waals surface area contributed by atoms with Gasteiger partial charge in [-0.3, -0.25) is 4.79 Å². The van der Waals surface area contributed by atoms with Crippen LogP contribution < -0.4 is 10.6 Å². The molecule has 0 spiro atoms. The van der Waals surface area contributed by atoms with E-state index in [0.717, 1.165) is 37.8 Å². The molecule has 20 heavy (non-hydrogen) atoms. The van der Waals surface area contributed by atoms with Crippen molar-refractivity contribution in [3.63, 3.8) is 0 Å². The molecule has 1 saturated heterocycles. The summed E-state index contributed by atoms with van der Waals surface area (Å²) in [5.41, 5.74) is 0. The molecule has 2 N–H and O–H groups in total. The smallest absolute Gasteiger partial charge is 0.220 e. The van der Waals surface area contributed by atoms with E-state index >= 15 is 0 Å². The summed E-state index contributed by atoms with van der Waals surface area (Å²) in [6.07, 6.45) is 6.82. The summed E-state index contributed by atoms with van der Waals surface area (Å²) in [7, 11) is 0. The van der Waals surface area contributed by atoms with E-state index in [1.165, 1.54) is 19.3 Å². The first-order valence-corrected chi connectivity index (χ1v) is 8.56. The van der Waals surface area contributed by atoms with E-state index in [9.17, 15) is 4.79 Å². The van der Waals surface area contributed by atoms with Gasteiger partial charge in [0.15, 0.2) is 0 Å². The molecule has 0 radical (unpaired) electrons. The van der Waals surface area contributed by atoms with Crippen molar-refractivity contribution >= 4 is 5.91 Å². The van der Waals surface area contributed by atoms with E-state index in [0.29, 0.717) is 24.3 Å². The second kappa shape index (κ2) is 7.44. The maximum atomic E-state index is 12.2. The molecular formula is C17H32N2O. The summed E-state index contributed by atoms with van der Waals surface area (Å²) in [6, 6.07) is 0.422. The Labute approximate surface area is 124 Å². The lowest BCUT2D eigenvalue weighted by atomic mass is 9.79. The standard InChI is InChI=1S/C17H32N2O/c1-12-6-7-16(9-13(12)2)19-17(20)10-14(3)15-5-4-8-18-11-15/h12-16,18H,4-11H2,1-3H3,(H,19,20). The maximum absolute atomic E-state index is 12.2. The minimum absolute atomic E-state index is 0.273.